The maximum atomic E-state index is 10.7. The van der Waals surface area contributed by atoms with Crippen molar-refractivity contribution in [3.05, 3.63) is 17.7 Å². The summed E-state index contributed by atoms with van der Waals surface area (Å²) in [6.07, 6.45) is 16.2. The number of fused-ring (bicyclic) bond motifs is 5. The molecule has 3 N–H and O–H groups in total. The van der Waals surface area contributed by atoms with Crippen molar-refractivity contribution >= 4 is 0 Å². The van der Waals surface area contributed by atoms with E-state index in [4.69, 9.17) is 5.73 Å². The predicted octanol–water partition coefficient (Wildman–Crippen LogP) is 7.52. The van der Waals surface area contributed by atoms with Gasteiger partial charge in [-0.05, 0) is 104 Å². The van der Waals surface area contributed by atoms with Crippen molar-refractivity contribution in [2.75, 3.05) is 0 Å². The molecule has 4 aliphatic carbocycles. The molecule has 2 nitrogen and oxygen atoms in total. The van der Waals surface area contributed by atoms with Gasteiger partial charge in [-0.2, -0.15) is 0 Å². The molecule has 4 rings (SSSR count). The molecule has 0 bridgehead atoms. The van der Waals surface area contributed by atoms with Crippen LogP contribution in [0.4, 0.5) is 0 Å². The van der Waals surface area contributed by atoms with E-state index in [-0.39, 0.29) is 11.5 Å². The van der Waals surface area contributed by atoms with Crippen LogP contribution in [0, 0.1) is 58.3 Å². The number of aliphatic hydroxyl groups excluding tert-OH is 1. The van der Waals surface area contributed by atoms with Crippen LogP contribution in [-0.4, -0.2) is 11.2 Å². The predicted molar refractivity (Wildman–Crippen MR) is 136 cm³/mol. The van der Waals surface area contributed by atoms with E-state index in [1.807, 2.05) is 0 Å². The minimum atomic E-state index is -0.211. The fourth-order valence-corrected chi connectivity index (χ4v) is 9.54. The molecule has 0 heterocycles. The van der Waals surface area contributed by atoms with E-state index in [0.717, 1.165) is 60.8 Å². The van der Waals surface area contributed by atoms with E-state index in [1.54, 1.807) is 5.57 Å². The van der Waals surface area contributed by atoms with Gasteiger partial charge in [0.25, 0.3) is 0 Å². The minimum absolute atomic E-state index is 0.171. The lowest BCUT2D eigenvalue weighted by atomic mass is 9.44. The van der Waals surface area contributed by atoms with Crippen LogP contribution in [0.5, 0.6) is 0 Å². The summed E-state index contributed by atoms with van der Waals surface area (Å²) in [6, 6.07) is 1.13. The highest BCUT2D eigenvalue weighted by Crippen LogP contribution is 2.68. The van der Waals surface area contributed by atoms with Crippen molar-refractivity contribution in [1.29, 1.82) is 0 Å². The molecule has 1 unspecified atom stereocenters. The van der Waals surface area contributed by atoms with Crippen molar-refractivity contribution < 1.29 is 5.11 Å². The molecule has 1 radical (unpaired) electrons. The Labute approximate surface area is 199 Å². The van der Waals surface area contributed by atoms with Crippen LogP contribution >= 0.6 is 0 Å². The number of hydrogen-bond acceptors (Lipinski definition) is 2. The molecule has 0 aromatic heterocycles. The van der Waals surface area contributed by atoms with Gasteiger partial charge in [0.05, 0.1) is 6.10 Å². The highest BCUT2D eigenvalue weighted by molar-refractivity contribution is 5.29. The normalized spacial score (nSPS) is 44.8. The lowest BCUT2D eigenvalue weighted by molar-refractivity contribution is -0.0770. The molecule has 9 atom stereocenters. The molecule has 0 aromatic rings. The van der Waals surface area contributed by atoms with E-state index in [9.17, 15) is 5.11 Å². The molecular weight excluding hydrogens is 390 g/mol. The summed E-state index contributed by atoms with van der Waals surface area (Å²) in [5.74, 6) is 5.41. The van der Waals surface area contributed by atoms with Gasteiger partial charge in [0.15, 0.2) is 0 Å². The molecule has 4 aliphatic rings. The molecule has 0 amide bonds. The fourth-order valence-electron chi connectivity index (χ4n) is 9.54. The van der Waals surface area contributed by atoms with Crippen molar-refractivity contribution in [1.82, 2.24) is 0 Å². The summed E-state index contributed by atoms with van der Waals surface area (Å²) >= 11 is 0. The summed E-state index contributed by atoms with van der Waals surface area (Å²) in [5.41, 5.74) is 8.91. The van der Waals surface area contributed by atoms with Crippen LogP contribution in [0.1, 0.15) is 112 Å². The van der Waals surface area contributed by atoms with Crippen molar-refractivity contribution in [3.63, 3.8) is 0 Å². The van der Waals surface area contributed by atoms with Crippen LogP contribution in [0.3, 0.4) is 0 Å². The number of allylic oxidation sites excluding steroid dienone is 1. The molecule has 32 heavy (non-hydrogen) atoms. The van der Waals surface area contributed by atoms with Gasteiger partial charge >= 0.3 is 0 Å². The number of nitrogens with two attached hydrogens (primary N) is 1. The van der Waals surface area contributed by atoms with Crippen LogP contribution < -0.4 is 5.73 Å². The highest BCUT2D eigenvalue weighted by atomic mass is 16.3. The van der Waals surface area contributed by atoms with E-state index in [1.165, 1.54) is 51.4 Å². The van der Waals surface area contributed by atoms with Gasteiger partial charge in [-0.1, -0.05) is 72.5 Å². The quantitative estimate of drug-likeness (QED) is 0.401. The molecule has 0 aromatic carbocycles. The Morgan fingerprint density at radius 3 is 2.56 bits per heavy atom. The first-order valence-electron chi connectivity index (χ1n) is 14.1. The zero-order valence-corrected chi connectivity index (χ0v) is 22.0. The highest BCUT2D eigenvalue weighted by Gasteiger charge is 2.61. The van der Waals surface area contributed by atoms with E-state index in [2.05, 4.69) is 47.6 Å². The number of hydrogen-bond donors (Lipinski definition) is 2. The topological polar surface area (TPSA) is 46.2 Å². The molecule has 3 saturated carbocycles. The average Bonchev–Trinajstić information content (AvgIpc) is 3.10. The van der Waals surface area contributed by atoms with Crippen LogP contribution in [0.15, 0.2) is 11.6 Å². The summed E-state index contributed by atoms with van der Waals surface area (Å²) in [5, 5.41) is 10.7. The summed E-state index contributed by atoms with van der Waals surface area (Å²) < 4.78 is 0. The Bertz CT molecular complexity index is 684. The smallest absolute Gasteiger partial charge is 0.0581 e. The van der Waals surface area contributed by atoms with E-state index >= 15 is 0 Å². The Morgan fingerprint density at radius 2 is 1.88 bits per heavy atom. The van der Waals surface area contributed by atoms with E-state index in [0.29, 0.717) is 11.3 Å². The van der Waals surface area contributed by atoms with Gasteiger partial charge < -0.3 is 10.8 Å². The van der Waals surface area contributed by atoms with Gasteiger partial charge in [0, 0.05) is 6.04 Å². The molecule has 3 fully saturated rings. The van der Waals surface area contributed by atoms with E-state index < -0.39 is 0 Å². The number of rotatable bonds is 7. The van der Waals surface area contributed by atoms with Gasteiger partial charge in [-0.25, -0.2) is 0 Å². The van der Waals surface area contributed by atoms with Crippen molar-refractivity contribution in [3.8, 4) is 0 Å². The fraction of sp³-hybridized carbons (Fsp3) is 0.900. The minimum Gasteiger partial charge on any atom is -0.393 e. The zero-order valence-electron chi connectivity index (χ0n) is 22.0. The third-order valence-electron chi connectivity index (χ3n) is 11.3. The van der Waals surface area contributed by atoms with Crippen LogP contribution in [0.2, 0.25) is 0 Å². The Balaban J connectivity index is 1.56. The molecule has 0 saturated heterocycles. The Morgan fingerprint density at radius 1 is 1.12 bits per heavy atom. The third-order valence-corrected chi connectivity index (χ3v) is 11.3. The van der Waals surface area contributed by atoms with Gasteiger partial charge in [-0.3, -0.25) is 0 Å². The third kappa shape index (κ3) is 4.04. The molecule has 183 valence electrons. The van der Waals surface area contributed by atoms with Crippen molar-refractivity contribution in [2.24, 2.45) is 58.0 Å². The van der Waals surface area contributed by atoms with Gasteiger partial charge in [0.2, 0.25) is 0 Å². The average molecular weight is 443 g/mol. The monoisotopic (exact) mass is 442 g/mol. The number of aliphatic hydroxyl groups is 1. The largest absolute Gasteiger partial charge is 0.393 e. The first-order chi connectivity index (χ1) is 15.1. The lowest BCUT2D eigenvalue weighted by Gasteiger charge is -2.61. The standard InChI is InChI=1S/C30H52NO/c1-7-28(31)27-18-22(32)17-21-11-12-23-25-14-13-24(20(4)10-8-9-19(2)3)29(25,5)16-15-26(23)30(21,27)6/h11,19-20,22-27,32H,7-10,12-18,31H2,1-6H3/t20-,22-,23+,24-,25+,26+,27?,29-,30+/m1/s1. The van der Waals surface area contributed by atoms with Crippen molar-refractivity contribution in [2.45, 2.75) is 118 Å². The van der Waals surface area contributed by atoms with Gasteiger partial charge in [0.1, 0.15) is 0 Å². The second kappa shape index (κ2) is 9.37. The lowest BCUT2D eigenvalue weighted by Crippen LogP contribution is -2.55. The van der Waals surface area contributed by atoms with Crippen LogP contribution in [0.25, 0.3) is 0 Å². The molecular formula is C30H52NO. The first kappa shape index (κ1) is 24.8. The van der Waals surface area contributed by atoms with Crippen LogP contribution in [-0.2, 0) is 0 Å². The summed E-state index contributed by atoms with van der Waals surface area (Å²) in [4.78, 5) is 0. The maximum Gasteiger partial charge on any atom is 0.0581 e. The second-order valence-electron chi connectivity index (χ2n) is 13.2. The maximum absolute atomic E-state index is 10.7. The first-order valence-corrected chi connectivity index (χ1v) is 14.1. The molecule has 0 spiro atoms. The SMILES string of the molecule is CC[C](N)C1C[C@H](O)CC2=CC[C@H]3[C@@H]4CC[C@H]([C@H](C)CCCC(C)C)[C@@]4(C)CC[C@@H]3[C@]21C. The summed E-state index contributed by atoms with van der Waals surface area (Å²) in [6.45, 7) is 14.7. The molecule has 2 heteroatoms. The zero-order chi connectivity index (χ0) is 23.3. The Kier molecular flexibility index (Phi) is 7.25. The Hall–Kier alpha value is -0.340. The van der Waals surface area contributed by atoms with Gasteiger partial charge in [-0.15, -0.1) is 0 Å². The molecule has 0 aliphatic heterocycles. The second-order valence-corrected chi connectivity index (χ2v) is 13.2. The summed E-state index contributed by atoms with van der Waals surface area (Å²) in [7, 11) is 0.